The molecule has 0 unspecified atom stereocenters. The summed E-state index contributed by atoms with van der Waals surface area (Å²) < 4.78 is 10.7. The molecule has 0 N–H and O–H groups in total. The van der Waals surface area contributed by atoms with E-state index in [1.807, 2.05) is 36.4 Å². The first-order valence-electron chi connectivity index (χ1n) is 5.52. The summed E-state index contributed by atoms with van der Waals surface area (Å²) in [5.74, 6) is 1.38. The van der Waals surface area contributed by atoms with Gasteiger partial charge in [0.1, 0.15) is 11.5 Å². The van der Waals surface area contributed by atoms with E-state index in [9.17, 15) is 5.26 Å². The molecule has 2 aromatic carbocycles. The van der Waals surface area contributed by atoms with Gasteiger partial charge in [0.15, 0.2) is 0 Å². The van der Waals surface area contributed by atoms with E-state index in [0.717, 1.165) is 11.1 Å². The van der Waals surface area contributed by atoms with Gasteiger partial charge in [0.25, 0.3) is 0 Å². The maximum absolute atomic E-state index is 9.18. The van der Waals surface area contributed by atoms with Gasteiger partial charge in [-0.15, -0.1) is 0 Å². The van der Waals surface area contributed by atoms with E-state index in [1.165, 1.54) is 0 Å². The number of nitriles is 1. The van der Waals surface area contributed by atoms with Gasteiger partial charge in [0, 0.05) is 5.56 Å². The van der Waals surface area contributed by atoms with Crippen LogP contribution in [0.1, 0.15) is 5.56 Å². The van der Waals surface area contributed by atoms with Gasteiger partial charge in [0.05, 0.1) is 31.4 Å². The Morgan fingerprint density at radius 2 is 1.50 bits per heavy atom. The molecule has 18 heavy (non-hydrogen) atoms. The van der Waals surface area contributed by atoms with Crippen LogP contribution in [0, 0.1) is 11.3 Å². The van der Waals surface area contributed by atoms with Crippen molar-refractivity contribution >= 4 is 0 Å². The molecule has 0 spiro atoms. The molecule has 3 nitrogen and oxygen atoms in total. The van der Waals surface area contributed by atoms with Crippen LogP contribution in [-0.2, 0) is 0 Å². The first kappa shape index (κ1) is 12.0. The molecule has 0 saturated carbocycles. The lowest BCUT2D eigenvalue weighted by molar-refractivity contribution is 0.397. The van der Waals surface area contributed by atoms with Crippen LogP contribution in [0.15, 0.2) is 42.5 Å². The Morgan fingerprint density at radius 1 is 0.889 bits per heavy atom. The fraction of sp³-hybridized carbons (Fsp3) is 0.133. The number of benzene rings is 2. The second kappa shape index (κ2) is 5.24. The Labute approximate surface area is 106 Å². The average Bonchev–Trinajstić information content (AvgIpc) is 2.46. The van der Waals surface area contributed by atoms with Crippen LogP contribution in [-0.4, -0.2) is 14.2 Å². The summed E-state index contributed by atoms with van der Waals surface area (Å²) in [4.78, 5) is 0. The largest absolute Gasteiger partial charge is 0.496 e. The lowest BCUT2D eigenvalue weighted by Gasteiger charge is -2.13. The molecule has 0 amide bonds. The summed E-state index contributed by atoms with van der Waals surface area (Å²) in [6.07, 6.45) is 0. The third kappa shape index (κ3) is 2.01. The summed E-state index contributed by atoms with van der Waals surface area (Å²) >= 11 is 0. The van der Waals surface area contributed by atoms with Crippen LogP contribution < -0.4 is 9.47 Å². The average molecular weight is 239 g/mol. The smallest absolute Gasteiger partial charge is 0.130 e. The maximum atomic E-state index is 9.18. The van der Waals surface area contributed by atoms with E-state index < -0.39 is 0 Å². The van der Waals surface area contributed by atoms with Crippen LogP contribution in [0.3, 0.4) is 0 Å². The molecule has 0 bridgehead atoms. The Balaban J connectivity index is 2.74. The standard InChI is InChI=1S/C15H13NO2/c1-17-13-8-5-9-14(18-2)15(13)12-7-4-3-6-11(12)10-16/h3-9H,1-2H3. The summed E-state index contributed by atoms with van der Waals surface area (Å²) in [6, 6.07) is 15.1. The molecule has 3 heteroatoms. The minimum atomic E-state index is 0.598. The van der Waals surface area contributed by atoms with Crippen LogP contribution in [0.2, 0.25) is 0 Å². The normalized spacial score (nSPS) is 9.61. The number of hydrogen-bond donors (Lipinski definition) is 0. The zero-order valence-electron chi connectivity index (χ0n) is 10.3. The van der Waals surface area contributed by atoms with Crippen molar-refractivity contribution in [3.05, 3.63) is 48.0 Å². The second-order valence-electron chi connectivity index (χ2n) is 3.69. The molecule has 2 rings (SSSR count). The fourth-order valence-corrected chi connectivity index (χ4v) is 1.92. The van der Waals surface area contributed by atoms with Crippen LogP contribution >= 0.6 is 0 Å². The Bertz CT molecular complexity index is 577. The van der Waals surface area contributed by atoms with Crippen molar-refractivity contribution in [1.82, 2.24) is 0 Å². The highest BCUT2D eigenvalue weighted by Gasteiger charge is 2.14. The van der Waals surface area contributed by atoms with Crippen molar-refractivity contribution in [2.75, 3.05) is 14.2 Å². The van der Waals surface area contributed by atoms with Gasteiger partial charge in [-0.1, -0.05) is 24.3 Å². The maximum Gasteiger partial charge on any atom is 0.130 e. The van der Waals surface area contributed by atoms with E-state index >= 15 is 0 Å². The molecule has 0 aliphatic rings. The van der Waals surface area contributed by atoms with Gasteiger partial charge < -0.3 is 9.47 Å². The van der Waals surface area contributed by atoms with E-state index in [2.05, 4.69) is 6.07 Å². The summed E-state index contributed by atoms with van der Waals surface area (Å²) in [5.41, 5.74) is 2.22. The third-order valence-corrected chi connectivity index (χ3v) is 2.74. The summed E-state index contributed by atoms with van der Waals surface area (Å²) in [5, 5.41) is 9.18. The predicted molar refractivity (Wildman–Crippen MR) is 69.7 cm³/mol. The zero-order valence-corrected chi connectivity index (χ0v) is 10.3. The number of hydrogen-bond acceptors (Lipinski definition) is 3. The molecule has 0 atom stereocenters. The Hall–Kier alpha value is -2.47. The van der Waals surface area contributed by atoms with Gasteiger partial charge in [-0.2, -0.15) is 5.26 Å². The van der Waals surface area contributed by atoms with Crippen molar-refractivity contribution in [2.24, 2.45) is 0 Å². The molecule has 0 aromatic heterocycles. The molecule has 0 fully saturated rings. The Kier molecular flexibility index (Phi) is 3.49. The van der Waals surface area contributed by atoms with E-state index in [4.69, 9.17) is 9.47 Å². The number of methoxy groups -OCH3 is 2. The molecule has 0 heterocycles. The predicted octanol–water partition coefficient (Wildman–Crippen LogP) is 3.24. The van der Waals surface area contributed by atoms with Crippen LogP contribution in [0.25, 0.3) is 11.1 Å². The quantitative estimate of drug-likeness (QED) is 0.825. The van der Waals surface area contributed by atoms with E-state index in [0.29, 0.717) is 17.1 Å². The molecule has 90 valence electrons. The number of nitrogens with zero attached hydrogens (tertiary/aromatic N) is 1. The highest BCUT2D eigenvalue weighted by Crippen LogP contribution is 2.39. The molecule has 0 aliphatic heterocycles. The van der Waals surface area contributed by atoms with Crippen molar-refractivity contribution < 1.29 is 9.47 Å². The summed E-state index contributed by atoms with van der Waals surface area (Å²) in [6.45, 7) is 0. The van der Waals surface area contributed by atoms with Gasteiger partial charge in [0.2, 0.25) is 0 Å². The minimum absolute atomic E-state index is 0.598. The molecular weight excluding hydrogens is 226 g/mol. The van der Waals surface area contributed by atoms with Gasteiger partial charge in [-0.25, -0.2) is 0 Å². The lowest BCUT2D eigenvalue weighted by atomic mass is 9.98. The van der Waals surface area contributed by atoms with Gasteiger partial charge >= 0.3 is 0 Å². The zero-order chi connectivity index (χ0) is 13.0. The molecule has 2 aromatic rings. The molecule has 0 saturated heterocycles. The molecule has 0 aliphatic carbocycles. The third-order valence-electron chi connectivity index (χ3n) is 2.74. The Morgan fingerprint density at radius 3 is 2.06 bits per heavy atom. The van der Waals surface area contributed by atoms with Crippen molar-refractivity contribution in [1.29, 1.82) is 5.26 Å². The topological polar surface area (TPSA) is 42.2 Å². The number of rotatable bonds is 3. The van der Waals surface area contributed by atoms with Crippen molar-refractivity contribution in [3.8, 4) is 28.7 Å². The monoisotopic (exact) mass is 239 g/mol. The van der Waals surface area contributed by atoms with Crippen molar-refractivity contribution in [3.63, 3.8) is 0 Å². The second-order valence-corrected chi connectivity index (χ2v) is 3.69. The molecular formula is C15H13NO2. The SMILES string of the molecule is COc1cccc(OC)c1-c1ccccc1C#N. The first-order chi connectivity index (χ1) is 8.81. The van der Waals surface area contributed by atoms with Crippen LogP contribution in [0.4, 0.5) is 0 Å². The fourth-order valence-electron chi connectivity index (χ4n) is 1.92. The highest BCUT2D eigenvalue weighted by molar-refractivity contribution is 5.80. The highest BCUT2D eigenvalue weighted by atomic mass is 16.5. The van der Waals surface area contributed by atoms with Gasteiger partial charge in [-0.05, 0) is 18.2 Å². The van der Waals surface area contributed by atoms with E-state index in [-0.39, 0.29) is 0 Å². The first-order valence-corrected chi connectivity index (χ1v) is 5.52. The van der Waals surface area contributed by atoms with Crippen LogP contribution in [0.5, 0.6) is 11.5 Å². The number of ether oxygens (including phenoxy) is 2. The van der Waals surface area contributed by atoms with Gasteiger partial charge in [-0.3, -0.25) is 0 Å². The van der Waals surface area contributed by atoms with E-state index in [1.54, 1.807) is 20.3 Å². The molecule has 0 radical (unpaired) electrons. The minimum Gasteiger partial charge on any atom is -0.496 e. The lowest BCUT2D eigenvalue weighted by Crippen LogP contribution is -1.94. The van der Waals surface area contributed by atoms with Crippen molar-refractivity contribution in [2.45, 2.75) is 0 Å². The summed E-state index contributed by atoms with van der Waals surface area (Å²) in [7, 11) is 3.21.